The van der Waals surface area contributed by atoms with Gasteiger partial charge in [0, 0.05) is 17.8 Å². The van der Waals surface area contributed by atoms with Crippen molar-refractivity contribution >= 4 is 5.96 Å². The third-order valence-corrected chi connectivity index (χ3v) is 3.70. The Bertz CT molecular complexity index is 857. The first kappa shape index (κ1) is 17.7. The smallest absolute Gasteiger partial charge is 0.226 e. The molecule has 0 spiro atoms. The predicted molar refractivity (Wildman–Crippen MR) is 103 cm³/mol. The fraction of sp³-hybridized carbons (Fsp3) is 0.250. The molecule has 1 aromatic carbocycles. The van der Waals surface area contributed by atoms with E-state index in [1.54, 1.807) is 6.26 Å². The zero-order valence-electron chi connectivity index (χ0n) is 15.1. The van der Waals surface area contributed by atoms with Crippen LogP contribution in [0.5, 0.6) is 0 Å². The normalized spacial score (nSPS) is 11.4. The van der Waals surface area contributed by atoms with Crippen LogP contribution in [-0.2, 0) is 13.1 Å². The summed E-state index contributed by atoms with van der Waals surface area (Å²) in [4.78, 5) is 13.6. The molecule has 0 bridgehead atoms. The van der Waals surface area contributed by atoms with Crippen LogP contribution < -0.4 is 10.6 Å². The van der Waals surface area contributed by atoms with E-state index < -0.39 is 0 Å². The summed E-state index contributed by atoms with van der Waals surface area (Å²) in [6, 6.07) is 15.8. The Morgan fingerprint density at radius 1 is 1.00 bits per heavy atom. The predicted octanol–water partition coefficient (Wildman–Crippen LogP) is 3.30. The zero-order chi connectivity index (χ0) is 18.2. The van der Waals surface area contributed by atoms with Gasteiger partial charge >= 0.3 is 0 Å². The molecule has 0 unspecified atom stereocenters. The lowest BCUT2D eigenvalue weighted by molar-refractivity contribution is 0.572. The van der Waals surface area contributed by atoms with Crippen molar-refractivity contribution in [2.24, 2.45) is 4.99 Å². The maximum Gasteiger partial charge on any atom is 0.226 e. The Kier molecular flexibility index (Phi) is 5.98. The fourth-order valence-electron chi connectivity index (χ4n) is 2.47. The molecule has 6 heteroatoms. The van der Waals surface area contributed by atoms with Crippen LogP contribution in [0.3, 0.4) is 0 Å². The van der Waals surface area contributed by atoms with Crippen LogP contribution >= 0.6 is 0 Å². The van der Waals surface area contributed by atoms with E-state index >= 15 is 0 Å². The highest BCUT2D eigenvalue weighted by Crippen LogP contribution is 2.18. The van der Waals surface area contributed by atoms with Crippen LogP contribution in [0.4, 0.5) is 0 Å². The maximum absolute atomic E-state index is 5.55. The van der Waals surface area contributed by atoms with Gasteiger partial charge in [-0.3, -0.25) is 4.98 Å². The number of aryl methyl sites for hydroxylation is 1. The lowest BCUT2D eigenvalue weighted by Crippen LogP contribution is -2.37. The summed E-state index contributed by atoms with van der Waals surface area (Å²) in [6.07, 6.45) is 1.65. The van der Waals surface area contributed by atoms with Gasteiger partial charge in [0.25, 0.3) is 0 Å². The number of benzene rings is 1. The van der Waals surface area contributed by atoms with Crippen molar-refractivity contribution in [1.29, 1.82) is 0 Å². The van der Waals surface area contributed by atoms with Gasteiger partial charge in [-0.1, -0.05) is 24.3 Å². The topological polar surface area (TPSA) is 75.3 Å². The molecule has 0 atom stereocenters. The molecule has 2 aromatic heterocycles. The van der Waals surface area contributed by atoms with Gasteiger partial charge in [-0.15, -0.1) is 0 Å². The van der Waals surface area contributed by atoms with E-state index in [0.29, 0.717) is 19.0 Å². The molecule has 0 aliphatic carbocycles. The van der Waals surface area contributed by atoms with Gasteiger partial charge in [0.05, 0.1) is 18.8 Å². The van der Waals surface area contributed by atoms with Crippen molar-refractivity contribution in [1.82, 2.24) is 20.6 Å². The fourth-order valence-corrected chi connectivity index (χ4v) is 2.47. The molecule has 0 fully saturated rings. The Morgan fingerprint density at radius 3 is 2.62 bits per heavy atom. The third kappa shape index (κ3) is 4.92. The van der Waals surface area contributed by atoms with Crippen LogP contribution in [0.15, 0.2) is 64.2 Å². The minimum Gasteiger partial charge on any atom is -0.444 e. The summed E-state index contributed by atoms with van der Waals surface area (Å²) >= 11 is 0. The van der Waals surface area contributed by atoms with Crippen LogP contribution in [0.25, 0.3) is 11.5 Å². The van der Waals surface area contributed by atoms with Gasteiger partial charge in [0.15, 0.2) is 5.96 Å². The van der Waals surface area contributed by atoms with Crippen molar-refractivity contribution in [2.75, 3.05) is 6.54 Å². The molecule has 0 amide bonds. The van der Waals surface area contributed by atoms with E-state index in [9.17, 15) is 0 Å². The number of nitrogens with zero attached hydrogens (tertiary/aromatic N) is 3. The Morgan fingerprint density at radius 2 is 1.85 bits per heavy atom. The van der Waals surface area contributed by atoms with E-state index in [4.69, 9.17) is 4.42 Å². The first-order valence-electron chi connectivity index (χ1n) is 8.69. The summed E-state index contributed by atoms with van der Waals surface area (Å²) in [5, 5.41) is 6.52. The summed E-state index contributed by atoms with van der Waals surface area (Å²) in [7, 11) is 0. The standard InChI is InChI=1S/C20H23N5O/c1-3-21-20(22-12-17-11-7-8-15(2)24-17)23-13-18-14-26-19(25-18)16-9-5-4-6-10-16/h4-11,14H,3,12-13H2,1-2H3,(H2,21,22,23). The number of rotatable bonds is 6. The molecular formula is C20H23N5O. The number of aliphatic imine (C=N–C) groups is 1. The molecule has 0 saturated carbocycles. The summed E-state index contributed by atoms with van der Waals surface area (Å²) in [6.45, 7) is 5.85. The van der Waals surface area contributed by atoms with Crippen molar-refractivity contribution in [3.05, 3.63) is 71.9 Å². The summed E-state index contributed by atoms with van der Waals surface area (Å²) < 4.78 is 5.55. The van der Waals surface area contributed by atoms with Crippen molar-refractivity contribution < 1.29 is 4.42 Å². The second-order valence-electron chi connectivity index (χ2n) is 5.83. The molecule has 3 aromatic rings. The average molecular weight is 349 g/mol. The van der Waals surface area contributed by atoms with Gasteiger partial charge in [0.2, 0.25) is 5.89 Å². The first-order valence-corrected chi connectivity index (χ1v) is 8.69. The molecule has 0 saturated heterocycles. The quantitative estimate of drug-likeness (QED) is 0.527. The number of oxazole rings is 1. The largest absolute Gasteiger partial charge is 0.444 e. The van der Waals surface area contributed by atoms with Gasteiger partial charge in [-0.25, -0.2) is 9.98 Å². The second kappa shape index (κ2) is 8.80. The number of pyridine rings is 1. The Labute approximate surface area is 153 Å². The first-order chi connectivity index (χ1) is 12.7. The van der Waals surface area contributed by atoms with E-state index in [1.165, 1.54) is 0 Å². The molecule has 0 radical (unpaired) electrons. The lowest BCUT2D eigenvalue weighted by atomic mass is 10.2. The molecule has 26 heavy (non-hydrogen) atoms. The van der Waals surface area contributed by atoms with E-state index in [2.05, 4.69) is 25.6 Å². The minimum atomic E-state index is 0.437. The maximum atomic E-state index is 5.55. The monoisotopic (exact) mass is 349 g/mol. The molecule has 2 N–H and O–H groups in total. The van der Waals surface area contributed by atoms with E-state index in [1.807, 2.05) is 62.4 Å². The van der Waals surface area contributed by atoms with Gasteiger partial charge < -0.3 is 15.1 Å². The zero-order valence-corrected chi connectivity index (χ0v) is 15.1. The molecular weight excluding hydrogens is 326 g/mol. The van der Waals surface area contributed by atoms with Crippen LogP contribution in [0, 0.1) is 6.92 Å². The highest BCUT2D eigenvalue weighted by Gasteiger charge is 2.06. The summed E-state index contributed by atoms with van der Waals surface area (Å²) in [5.41, 5.74) is 3.72. The molecule has 134 valence electrons. The van der Waals surface area contributed by atoms with Crippen molar-refractivity contribution in [3.8, 4) is 11.5 Å². The van der Waals surface area contributed by atoms with Gasteiger partial charge in [0.1, 0.15) is 12.0 Å². The number of aromatic nitrogens is 2. The van der Waals surface area contributed by atoms with Crippen molar-refractivity contribution in [3.63, 3.8) is 0 Å². The highest BCUT2D eigenvalue weighted by molar-refractivity contribution is 5.79. The SMILES string of the molecule is CCNC(=NCc1coc(-c2ccccc2)n1)NCc1cccc(C)n1. The number of hydrogen-bond donors (Lipinski definition) is 2. The molecule has 2 heterocycles. The Balaban J connectivity index is 1.63. The molecule has 6 nitrogen and oxygen atoms in total. The summed E-state index contributed by atoms with van der Waals surface area (Å²) in [5.74, 6) is 1.33. The Hall–Kier alpha value is -3.15. The van der Waals surface area contributed by atoms with Gasteiger partial charge in [-0.05, 0) is 38.1 Å². The van der Waals surface area contributed by atoms with E-state index in [0.717, 1.165) is 35.1 Å². The highest BCUT2D eigenvalue weighted by atomic mass is 16.3. The van der Waals surface area contributed by atoms with Crippen LogP contribution in [0.1, 0.15) is 24.0 Å². The third-order valence-electron chi connectivity index (χ3n) is 3.70. The number of hydrogen-bond acceptors (Lipinski definition) is 4. The van der Waals surface area contributed by atoms with Crippen LogP contribution in [0.2, 0.25) is 0 Å². The molecule has 0 aliphatic rings. The number of guanidine groups is 1. The number of nitrogens with one attached hydrogen (secondary N) is 2. The molecule has 3 rings (SSSR count). The molecule has 0 aliphatic heterocycles. The van der Waals surface area contributed by atoms with Crippen molar-refractivity contribution in [2.45, 2.75) is 26.9 Å². The van der Waals surface area contributed by atoms with Gasteiger partial charge in [-0.2, -0.15) is 0 Å². The lowest BCUT2D eigenvalue weighted by Gasteiger charge is -2.10. The van der Waals surface area contributed by atoms with Crippen LogP contribution in [-0.4, -0.2) is 22.5 Å². The average Bonchev–Trinajstić information content (AvgIpc) is 3.14. The minimum absolute atomic E-state index is 0.437. The second-order valence-corrected chi connectivity index (χ2v) is 5.83. The van der Waals surface area contributed by atoms with E-state index in [-0.39, 0.29) is 0 Å².